The Balaban J connectivity index is 2.31. The molecule has 1 aliphatic rings. The highest BCUT2D eigenvalue weighted by molar-refractivity contribution is 4.82. The minimum absolute atomic E-state index is 0.753. The first-order chi connectivity index (χ1) is 6.63. The van der Waals surface area contributed by atoms with Gasteiger partial charge in [0.05, 0.1) is 0 Å². The first kappa shape index (κ1) is 12.0. The van der Waals surface area contributed by atoms with E-state index in [2.05, 4.69) is 37.9 Å². The van der Waals surface area contributed by atoms with Crippen molar-refractivity contribution in [1.82, 2.24) is 10.2 Å². The summed E-state index contributed by atoms with van der Waals surface area (Å²) in [5, 5.41) is 3.58. The summed E-state index contributed by atoms with van der Waals surface area (Å²) in [6.07, 6.45) is 1.32. The van der Waals surface area contributed by atoms with Gasteiger partial charge in [-0.25, -0.2) is 0 Å². The lowest BCUT2D eigenvalue weighted by atomic mass is 9.93. The Labute approximate surface area is 89.1 Å². The molecule has 1 rings (SSSR count). The Morgan fingerprint density at radius 3 is 2.64 bits per heavy atom. The molecule has 0 bridgehead atoms. The molecule has 1 N–H and O–H groups in total. The van der Waals surface area contributed by atoms with Crippen LogP contribution in [0.25, 0.3) is 0 Å². The second kappa shape index (κ2) is 5.72. The van der Waals surface area contributed by atoms with Crippen molar-refractivity contribution in [3.8, 4) is 0 Å². The lowest BCUT2D eigenvalue weighted by molar-refractivity contribution is 0.135. The van der Waals surface area contributed by atoms with Crippen LogP contribution in [0.3, 0.4) is 0 Å². The quantitative estimate of drug-likeness (QED) is 0.743. The number of likely N-dealkylation sites (tertiary alicyclic amines) is 1. The van der Waals surface area contributed by atoms with Crippen LogP contribution in [0.15, 0.2) is 0 Å². The Morgan fingerprint density at radius 2 is 2.14 bits per heavy atom. The first-order valence-electron chi connectivity index (χ1n) is 6.09. The summed E-state index contributed by atoms with van der Waals surface area (Å²) in [5.74, 6) is 1.61. The first-order valence-corrected chi connectivity index (χ1v) is 6.09. The zero-order chi connectivity index (χ0) is 10.6. The van der Waals surface area contributed by atoms with Gasteiger partial charge in [-0.1, -0.05) is 27.7 Å². The fourth-order valence-corrected chi connectivity index (χ4v) is 2.48. The molecular weight excluding hydrogens is 172 g/mol. The molecule has 0 spiro atoms. The molecule has 0 aliphatic carbocycles. The summed E-state index contributed by atoms with van der Waals surface area (Å²) < 4.78 is 0. The highest BCUT2D eigenvalue weighted by atomic mass is 15.1. The van der Waals surface area contributed by atoms with Crippen LogP contribution < -0.4 is 5.32 Å². The van der Waals surface area contributed by atoms with E-state index < -0.39 is 0 Å². The number of rotatable bonds is 4. The molecule has 2 nitrogen and oxygen atoms in total. The van der Waals surface area contributed by atoms with Crippen LogP contribution in [0.1, 0.15) is 34.1 Å². The molecule has 1 aliphatic heterocycles. The van der Waals surface area contributed by atoms with Crippen molar-refractivity contribution in [2.45, 2.75) is 40.2 Å². The van der Waals surface area contributed by atoms with Gasteiger partial charge >= 0.3 is 0 Å². The van der Waals surface area contributed by atoms with Crippen molar-refractivity contribution in [1.29, 1.82) is 0 Å². The summed E-state index contributed by atoms with van der Waals surface area (Å²) in [6.45, 7) is 14.1. The van der Waals surface area contributed by atoms with Gasteiger partial charge in [0.2, 0.25) is 0 Å². The van der Waals surface area contributed by atoms with Crippen LogP contribution in [-0.2, 0) is 0 Å². The zero-order valence-corrected chi connectivity index (χ0v) is 10.2. The predicted octanol–water partition coefficient (Wildman–Crippen LogP) is 1.96. The number of piperidine rings is 1. The van der Waals surface area contributed by atoms with Crippen molar-refractivity contribution >= 4 is 0 Å². The third-order valence-electron chi connectivity index (χ3n) is 3.08. The van der Waals surface area contributed by atoms with E-state index in [0.29, 0.717) is 0 Å². The normalized spacial score (nSPS) is 29.8. The van der Waals surface area contributed by atoms with Crippen molar-refractivity contribution < 1.29 is 0 Å². The van der Waals surface area contributed by atoms with Gasteiger partial charge in [-0.05, 0) is 31.3 Å². The van der Waals surface area contributed by atoms with E-state index in [0.717, 1.165) is 24.4 Å². The van der Waals surface area contributed by atoms with E-state index in [1.54, 1.807) is 0 Å². The predicted molar refractivity (Wildman–Crippen MR) is 62.5 cm³/mol. The van der Waals surface area contributed by atoms with Crippen molar-refractivity contribution in [3.05, 3.63) is 0 Å². The number of nitrogens with zero attached hydrogens (tertiary/aromatic N) is 1. The van der Waals surface area contributed by atoms with Gasteiger partial charge in [0.1, 0.15) is 0 Å². The highest BCUT2D eigenvalue weighted by Crippen LogP contribution is 2.17. The second-order valence-electron chi connectivity index (χ2n) is 5.08. The average Bonchev–Trinajstić information content (AvgIpc) is 2.09. The highest BCUT2D eigenvalue weighted by Gasteiger charge is 2.25. The van der Waals surface area contributed by atoms with Crippen molar-refractivity contribution in [3.63, 3.8) is 0 Å². The van der Waals surface area contributed by atoms with Gasteiger partial charge in [0, 0.05) is 19.1 Å². The van der Waals surface area contributed by atoms with Gasteiger partial charge in [-0.2, -0.15) is 0 Å². The minimum Gasteiger partial charge on any atom is -0.314 e. The number of nitrogens with one attached hydrogen (secondary N) is 1. The second-order valence-corrected chi connectivity index (χ2v) is 5.08. The maximum Gasteiger partial charge on any atom is 0.0117 e. The molecule has 84 valence electrons. The third-order valence-corrected chi connectivity index (χ3v) is 3.08. The van der Waals surface area contributed by atoms with E-state index in [1.807, 2.05) is 0 Å². The van der Waals surface area contributed by atoms with E-state index in [1.165, 1.54) is 26.1 Å². The van der Waals surface area contributed by atoms with Gasteiger partial charge in [-0.3, -0.25) is 0 Å². The monoisotopic (exact) mass is 198 g/mol. The Hall–Kier alpha value is -0.0800. The lowest BCUT2D eigenvalue weighted by Crippen LogP contribution is -2.48. The molecule has 0 saturated carbocycles. The van der Waals surface area contributed by atoms with Gasteiger partial charge in [-0.15, -0.1) is 0 Å². The lowest BCUT2D eigenvalue weighted by Gasteiger charge is -2.38. The largest absolute Gasteiger partial charge is 0.314 e. The summed E-state index contributed by atoms with van der Waals surface area (Å²) in [5.41, 5.74) is 0. The van der Waals surface area contributed by atoms with Gasteiger partial charge < -0.3 is 10.2 Å². The maximum atomic E-state index is 3.58. The smallest absolute Gasteiger partial charge is 0.0117 e. The van der Waals surface area contributed by atoms with Crippen LogP contribution in [-0.4, -0.2) is 37.1 Å². The fourth-order valence-electron chi connectivity index (χ4n) is 2.48. The Bertz CT molecular complexity index is 156. The molecule has 0 aromatic heterocycles. The molecule has 0 aromatic rings. The SMILES string of the molecule is CCNC1CCN(CC(C)C)CC1C. The van der Waals surface area contributed by atoms with Crippen LogP contribution in [0.4, 0.5) is 0 Å². The van der Waals surface area contributed by atoms with E-state index in [4.69, 9.17) is 0 Å². The summed E-state index contributed by atoms with van der Waals surface area (Å²) in [6, 6.07) is 0.753. The summed E-state index contributed by atoms with van der Waals surface area (Å²) >= 11 is 0. The summed E-state index contributed by atoms with van der Waals surface area (Å²) in [4.78, 5) is 2.61. The van der Waals surface area contributed by atoms with Crippen molar-refractivity contribution in [2.75, 3.05) is 26.2 Å². The van der Waals surface area contributed by atoms with E-state index in [-0.39, 0.29) is 0 Å². The topological polar surface area (TPSA) is 15.3 Å². The molecule has 0 radical (unpaired) electrons. The molecular formula is C12H26N2. The molecule has 2 atom stereocenters. The Kier molecular flexibility index (Phi) is 4.90. The standard InChI is InChI=1S/C12H26N2/c1-5-13-12-6-7-14(8-10(2)3)9-11(12)4/h10-13H,5-9H2,1-4H3. The van der Waals surface area contributed by atoms with E-state index >= 15 is 0 Å². The van der Waals surface area contributed by atoms with Gasteiger partial charge in [0.15, 0.2) is 0 Å². The number of hydrogen-bond acceptors (Lipinski definition) is 2. The average molecular weight is 198 g/mol. The van der Waals surface area contributed by atoms with Gasteiger partial charge in [0.25, 0.3) is 0 Å². The molecule has 1 saturated heterocycles. The van der Waals surface area contributed by atoms with Crippen LogP contribution >= 0.6 is 0 Å². The molecule has 2 unspecified atom stereocenters. The van der Waals surface area contributed by atoms with E-state index in [9.17, 15) is 0 Å². The van der Waals surface area contributed by atoms with Crippen LogP contribution in [0.2, 0.25) is 0 Å². The third kappa shape index (κ3) is 3.58. The molecule has 2 heteroatoms. The molecule has 14 heavy (non-hydrogen) atoms. The molecule has 1 fully saturated rings. The Morgan fingerprint density at radius 1 is 1.43 bits per heavy atom. The molecule has 1 heterocycles. The van der Waals surface area contributed by atoms with Crippen molar-refractivity contribution in [2.24, 2.45) is 11.8 Å². The zero-order valence-electron chi connectivity index (χ0n) is 10.2. The minimum atomic E-state index is 0.753. The fraction of sp³-hybridized carbons (Fsp3) is 1.00. The molecule has 0 amide bonds. The van der Waals surface area contributed by atoms with Crippen LogP contribution in [0, 0.1) is 11.8 Å². The molecule has 0 aromatic carbocycles. The number of hydrogen-bond donors (Lipinski definition) is 1. The maximum absolute atomic E-state index is 3.58. The van der Waals surface area contributed by atoms with Crippen LogP contribution in [0.5, 0.6) is 0 Å². The summed E-state index contributed by atoms with van der Waals surface area (Å²) in [7, 11) is 0.